The summed E-state index contributed by atoms with van der Waals surface area (Å²) in [5.41, 5.74) is 8.47. The van der Waals surface area contributed by atoms with Crippen LogP contribution < -0.4 is 15.8 Å². The first kappa shape index (κ1) is 22.1. The number of nitriles is 1. The molecule has 2 aromatic carbocycles. The minimum atomic E-state index is -0.175. The number of nitrogens with one attached hydrogen (secondary N) is 1. The molecule has 0 aliphatic rings. The Bertz CT molecular complexity index is 1260. The number of hydrogen-bond donors (Lipinski definition) is 2. The number of anilines is 1. The lowest BCUT2D eigenvalue weighted by Gasteiger charge is -2.08. The Morgan fingerprint density at radius 2 is 2.00 bits per heavy atom. The van der Waals surface area contributed by atoms with Crippen molar-refractivity contribution >= 4 is 23.1 Å². The third-order valence-corrected chi connectivity index (χ3v) is 5.89. The molecule has 2 heterocycles. The van der Waals surface area contributed by atoms with Crippen LogP contribution in [-0.4, -0.2) is 22.2 Å². The fraction of sp³-hybridized carbons (Fsp3) is 0.160. The van der Waals surface area contributed by atoms with E-state index < -0.39 is 0 Å². The molecule has 0 aliphatic heterocycles. The van der Waals surface area contributed by atoms with Crippen molar-refractivity contribution in [2.24, 2.45) is 0 Å². The van der Waals surface area contributed by atoms with Crippen molar-refractivity contribution < 1.29 is 9.53 Å². The summed E-state index contributed by atoms with van der Waals surface area (Å²) in [5, 5.41) is 19.0. The first-order valence-corrected chi connectivity index (χ1v) is 11.4. The molecular formula is C25H23N5O2S. The topological polar surface area (TPSA) is 106 Å². The maximum Gasteiger partial charge on any atom is 0.251 e. The third kappa shape index (κ3) is 5.40. The number of nitrogens with zero attached hydrogens (tertiary/aromatic N) is 3. The number of hydrogen-bond acceptors (Lipinski definition) is 6. The van der Waals surface area contributed by atoms with Crippen molar-refractivity contribution in [2.75, 3.05) is 12.3 Å². The molecule has 166 valence electrons. The van der Waals surface area contributed by atoms with Crippen LogP contribution in [0.2, 0.25) is 0 Å². The summed E-state index contributed by atoms with van der Waals surface area (Å²) in [6.45, 7) is 0.921. The number of amides is 1. The van der Waals surface area contributed by atoms with Gasteiger partial charge in [-0.2, -0.15) is 10.4 Å². The van der Waals surface area contributed by atoms with E-state index in [1.807, 2.05) is 53.9 Å². The van der Waals surface area contributed by atoms with E-state index in [2.05, 4.69) is 16.5 Å². The van der Waals surface area contributed by atoms with Crippen molar-refractivity contribution in [1.29, 1.82) is 5.26 Å². The van der Waals surface area contributed by atoms with Gasteiger partial charge in [-0.15, -0.1) is 11.3 Å². The monoisotopic (exact) mass is 457 g/mol. The molecule has 4 rings (SSSR count). The number of rotatable bonds is 9. The molecule has 4 aromatic rings. The largest absolute Gasteiger partial charge is 0.488 e. The predicted molar refractivity (Wildman–Crippen MR) is 128 cm³/mol. The summed E-state index contributed by atoms with van der Waals surface area (Å²) < 4.78 is 7.36. The zero-order chi connectivity index (χ0) is 23.0. The molecule has 1 amide bonds. The van der Waals surface area contributed by atoms with Crippen LogP contribution in [0.25, 0.3) is 5.69 Å². The summed E-state index contributed by atoms with van der Waals surface area (Å²) in [6, 6.07) is 22.7. The molecule has 0 saturated heterocycles. The molecule has 0 spiro atoms. The van der Waals surface area contributed by atoms with Crippen molar-refractivity contribution in [3.05, 3.63) is 93.8 Å². The Morgan fingerprint density at radius 1 is 1.15 bits per heavy atom. The number of aryl methyl sites for hydroxylation is 1. The van der Waals surface area contributed by atoms with Gasteiger partial charge in [0.05, 0.1) is 11.4 Å². The van der Waals surface area contributed by atoms with Gasteiger partial charge in [0.2, 0.25) is 0 Å². The van der Waals surface area contributed by atoms with Crippen LogP contribution in [0, 0.1) is 11.3 Å². The lowest BCUT2D eigenvalue weighted by molar-refractivity contribution is 0.0952. The van der Waals surface area contributed by atoms with Crippen molar-refractivity contribution in [3.8, 4) is 17.5 Å². The Hall–Kier alpha value is -4.09. The zero-order valence-electron chi connectivity index (χ0n) is 17.9. The van der Waals surface area contributed by atoms with Gasteiger partial charge in [-0.1, -0.05) is 30.3 Å². The van der Waals surface area contributed by atoms with Gasteiger partial charge in [0.25, 0.3) is 5.91 Å². The number of aromatic nitrogens is 2. The zero-order valence-corrected chi connectivity index (χ0v) is 18.7. The second-order valence-corrected chi connectivity index (χ2v) is 8.35. The Morgan fingerprint density at radius 3 is 2.76 bits per heavy atom. The lowest BCUT2D eigenvalue weighted by atomic mass is 10.1. The number of carbonyl (C=O) groups is 1. The average Bonchev–Trinajstić information content (AvgIpc) is 3.48. The normalized spacial score (nSPS) is 10.5. The summed E-state index contributed by atoms with van der Waals surface area (Å²) in [5.74, 6) is 0.796. The van der Waals surface area contributed by atoms with E-state index >= 15 is 0 Å². The highest BCUT2D eigenvalue weighted by Crippen LogP contribution is 2.21. The van der Waals surface area contributed by atoms with E-state index in [1.165, 1.54) is 0 Å². The Balaban J connectivity index is 1.32. The van der Waals surface area contributed by atoms with Crippen LogP contribution in [-0.2, 0) is 13.0 Å². The van der Waals surface area contributed by atoms with Crippen LogP contribution >= 0.6 is 11.3 Å². The summed E-state index contributed by atoms with van der Waals surface area (Å²) in [7, 11) is 0. The van der Waals surface area contributed by atoms with Gasteiger partial charge in [0.1, 0.15) is 29.8 Å². The number of para-hydroxylation sites is 1. The molecule has 0 saturated carbocycles. The number of ether oxygens (including phenoxy) is 1. The number of nitrogens with two attached hydrogens (primary N) is 1. The first-order valence-electron chi connectivity index (χ1n) is 10.5. The number of benzene rings is 2. The van der Waals surface area contributed by atoms with E-state index in [4.69, 9.17) is 10.5 Å². The molecule has 0 bridgehead atoms. The molecule has 0 unspecified atom stereocenters. The molecule has 7 nitrogen and oxygen atoms in total. The minimum Gasteiger partial charge on any atom is -0.488 e. The van der Waals surface area contributed by atoms with Gasteiger partial charge < -0.3 is 15.8 Å². The van der Waals surface area contributed by atoms with Gasteiger partial charge in [-0.05, 0) is 54.6 Å². The quantitative estimate of drug-likeness (QED) is 0.364. The maximum atomic E-state index is 12.6. The summed E-state index contributed by atoms with van der Waals surface area (Å²) in [6.07, 6.45) is 1.15. The highest BCUT2D eigenvalue weighted by molar-refractivity contribution is 7.09. The van der Waals surface area contributed by atoms with Gasteiger partial charge in [-0.25, -0.2) is 4.68 Å². The summed E-state index contributed by atoms with van der Waals surface area (Å²) in [4.78, 5) is 13.7. The molecule has 0 atom stereocenters. The standard InChI is InChI=1S/C25H23N5O2S/c26-16-22-23(29-30(24(22)27)19-8-2-1-3-9-19)12-5-13-28-25(31)18-7-4-10-20(15-18)32-17-21-11-6-14-33-21/h1-4,6-11,14-15H,5,12-13,17,27H2,(H,28,31). The molecule has 0 radical (unpaired) electrons. The van der Waals surface area contributed by atoms with Crippen LogP contribution in [0.15, 0.2) is 72.1 Å². The molecule has 0 aliphatic carbocycles. The molecule has 3 N–H and O–H groups in total. The van der Waals surface area contributed by atoms with E-state index in [1.54, 1.807) is 34.2 Å². The average molecular weight is 458 g/mol. The van der Waals surface area contributed by atoms with E-state index in [0.717, 1.165) is 10.6 Å². The molecule has 33 heavy (non-hydrogen) atoms. The SMILES string of the molecule is N#Cc1c(CCCNC(=O)c2cccc(OCc3cccs3)c2)nn(-c2ccccc2)c1N. The molecular weight excluding hydrogens is 434 g/mol. The van der Waals surface area contributed by atoms with Gasteiger partial charge in [0.15, 0.2) is 0 Å². The molecule has 8 heteroatoms. The van der Waals surface area contributed by atoms with E-state index in [-0.39, 0.29) is 5.91 Å². The predicted octanol–water partition coefficient (Wildman–Crippen LogP) is 4.33. The van der Waals surface area contributed by atoms with Crippen molar-refractivity contribution in [1.82, 2.24) is 15.1 Å². The smallest absolute Gasteiger partial charge is 0.251 e. The summed E-state index contributed by atoms with van der Waals surface area (Å²) >= 11 is 1.63. The number of nitrogen functional groups attached to an aromatic ring is 1. The Labute approximate surface area is 196 Å². The third-order valence-electron chi connectivity index (χ3n) is 5.04. The second kappa shape index (κ2) is 10.5. The van der Waals surface area contributed by atoms with Gasteiger partial charge in [0, 0.05) is 17.0 Å². The fourth-order valence-electron chi connectivity index (χ4n) is 3.38. The van der Waals surface area contributed by atoms with Crippen LogP contribution in [0.1, 0.15) is 32.9 Å². The van der Waals surface area contributed by atoms with Crippen LogP contribution in [0.3, 0.4) is 0 Å². The highest BCUT2D eigenvalue weighted by Gasteiger charge is 2.16. The second-order valence-electron chi connectivity index (χ2n) is 7.32. The van der Waals surface area contributed by atoms with Crippen molar-refractivity contribution in [2.45, 2.75) is 19.4 Å². The lowest BCUT2D eigenvalue weighted by Crippen LogP contribution is -2.24. The first-order chi connectivity index (χ1) is 16.2. The van der Waals surface area contributed by atoms with Crippen molar-refractivity contribution in [3.63, 3.8) is 0 Å². The van der Waals surface area contributed by atoms with Crippen LogP contribution in [0.4, 0.5) is 5.82 Å². The fourth-order valence-corrected chi connectivity index (χ4v) is 3.99. The van der Waals surface area contributed by atoms with Gasteiger partial charge >= 0.3 is 0 Å². The molecule has 2 aromatic heterocycles. The molecule has 0 fully saturated rings. The van der Waals surface area contributed by atoms with Gasteiger partial charge in [-0.3, -0.25) is 4.79 Å². The minimum absolute atomic E-state index is 0.175. The van der Waals surface area contributed by atoms with Crippen LogP contribution in [0.5, 0.6) is 5.75 Å². The highest BCUT2D eigenvalue weighted by atomic mass is 32.1. The van der Waals surface area contributed by atoms with E-state index in [9.17, 15) is 10.1 Å². The number of thiophene rings is 1. The Kier molecular flexibility index (Phi) is 7.03. The maximum absolute atomic E-state index is 12.6. The number of carbonyl (C=O) groups excluding carboxylic acids is 1. The van der Waals surface area contributed by atoms with E-state index in [0.29, 0.717) is 54.4 Å².